The van der Waals surface area contributed by atoms with E-state index in [0.29, 0.717) is 43.9 Å². The lowest BCUT2D eigenvalue weighted by Gasteiger charge is -2.33. The highest BCUT2D eigenvalue weighted by Crippen LogP contribution is 2.39. The molecule has 0 aromatic carbocycles. The maximum absolute atomic E-state index is 12.7. The van der Waals surface area contributed by atoms with Crippen molar-refractivity contribution in [1.82, 2.24) is 8.61 Å². The molecule has 0 aromatic rings. The van der Waals surface area contributed by atoms with Gasteiger partial charge in [0.05, 0.1) is 0 Å². The monoisotopic (exact) mass is 287 g/mol. The van der Waals surface area contributed by atoms with Gasteiger partial charge < -0.3 is 5.73 Å². The van der Waals surface area contributed by atoms with Gasteiger partial charge in [-0.2, -0.15) is 17.0 Å². The molecule has 0 radical (unpaired) electrons. The maximum Gasteiger partial charge on any atom is 0.282 e. The summed E-state index contributed by atoms with van der Waals surface area (Å²) in [5.41, 5.74) is 6.09. The molecule has 1 saturated carbocycles. The van der Waals surface area contributed by atoms with E-state index in [0.717, 1.165) is 25.7 Å². The zero-order valence-electron chi connectivity index (χ0n) is 11.7. The predicted octanol–water partition coefficient (Wildman–Crippen LogP) is 0.632. The first kappa shape index (κ1) is 13.8. The largest absolute Gasteiger partial charge is 0.327 e. The number of hydrogen-bond donors (Lipinski definition) is 1. The van der Waals surface area contributed by atoms with Crippen LogP contribution in [-0.4, -0.2) is 49.2 Å². The molecule has 6 heteroatoms. The van der Waals surface area contributed by atoms with E-state index in [1.807, 2.05) is 0 Å². The summed E-state index contributed by atoms with van der Waals surface area (Å²) in [6.45, 7) is 4.83. The fourth-order valence-electron chi connectivity index (χ4n) is 3.97. The second kappa shape index (κ2) is 4.98. The van der Waals surface area contributed by atoms with E-state index in [1.54, 1.807) is 8.61 Å². The van der Waals surface area contributed by atoms with Crippen LogP contribution in [0.1, 0.15) is 32.6 Å². The zero-order valence-corrected chi connectivity index (χ0v) is 12.5. The molecule has 3 rings (SSSR count). The Labute approximate surface area is 116 Å². The number of fused-ring (bicyclic) bond motifs is 1. The van der Waals surface area contributed by atoms with Crippen LogP contribution in [0.2, 0.25) is 0 Å². The molecule has 110 valence electrons. The van der Waals surface area contributed by atoms with Gasteiger partial charge in [0.25, 0.3) is 10.2 Å². The third-order valence-electron chi connectivity index (χ3n) is 5.15. The van der Waals surface area contributed by atoms with Crippen LogP contribution in [0.25, 0.3) is 0 Å². The number of nitrogens with zero attached hydrogens (tertiary/aromatic N) is 2. The van der Waals surface area contributed by atoms with Gasteiger partial charge in [-0.05, 0) is 43.4 Å². The van der Waals surface area contributed by atoms with E-state index >= 15 is 0 Å². The van der Waals surface area contributed by atoms with Crippen molar-refractivity contribution in [3.8, 4) is 0 Å². The molecule has 2 N–H and O–H groups in total. The lowest BCUT2D eigenvalue weighted by molar-refractivity contribution is 0.261. The maximum atomic E-state index is 12.7. The predicted molar refractivity (Wildman–Crippen MR) is 74.7 cm³/mol. The summed E-state index contributed by atoms with van der Waals surface area (Å²) in [6.07, 6.45) is 4.28. The number of hydrogen-bond acceptors (Lipinski definition) is 3. The van der Waals surface area contributed by atoms with Gasteiger partial charge in [-0.3, -0.25) is 0 Å². The van der Waals surface area contributed by atoms with Gasteiger partial charge in [0, 0.05) is 32.2 Å². The van der Waals surface area contributed by atoms with Crippen molar-refractivity contribution in [3.05, 3.63) is 0 Å². The summed E-state index contributed by atoms with van der Waals surface area (Å²) in [4.78, 5) is 0. The fourth-order valence-corrected chi connectivity index (χ4v) is 5.84. The molecule has 4 atom stereocenters. The molecular formula is C13H25N3O2S. The van der Waals surface area contributed by atoms with Gasteiger partial charge >= 0.3 is 0 Å². The minimum absolute atomic E-state index is 0.200. The molecule has 1 aliphatic carbocycles. The zero-order chi connectivity index (χ0) is 13.6. The van der Waals surface area contributed by atoms with Crippen LogP contribution in [0.15, 0.2) is 0 Å². The van der Waals surface area contributed by atoms with Crippen LogP contribution < -0.4 is 5.73 Å². The number of nitrogens with two attached hydrogens (primary N) is 1. The van der Waals surface area contributed by atoms with Gasteiger partial charge in [-0.1, -0.05) is 6.92 Å². The minimum Gasteiger partial charge on any atom is -0.327 e. The molecule has 3 aliphatic rings. The standard InChI is InChI=1S/C13H25N3O2S/c1-10-3-2-6-15(7-10)19(17,18)16-8-11-4-5-13(14)12(11)9-16/h10-13H,2-9,14H2,1H3. The number of piperidine rings is 1. The van der Waals surface area contributed by atoms with Crippen molar-refractivity contribution in [2.75, 3.05) is 26.2 Å². The van der Waals surface area contributed by atoms with Crippen molar-refractivity contribution in [2.24, 2.45) is 23.5 Å². The highest BCUT2D eigenvalue weighted by molar-refractivity contribution is 7.86. The third-order valence-corrected chi connectivity index (χ3v) is 7.09. The Morgan fingerprint density at radius 2 is 1.84 bits per heavy atom. The minimum atomic E-state index is -3.25. The third kappa shape index (κ3) is 2.44. The Bertz CT molecular complexity index is 439. The summed E-state index contributed by atoms with van der Waals surface area (Å²) in [5.74, 6) is 1.36. The summed E-state index contributed by atoms with van der Waals surface area (Å²) >= 11 is 0. The first-order valence-corrected chi connectivity index (χ1v) is 8.89. The molecule has 3 fully saturated rings. The van der Waals surface area contributed by atoms with Crippen molar-refractivity contribution in [3.63, 3.8) is 0 Å². The average Bonchev–Trinajstić information content (AvgIpc) is 2.92. The first-order chi connectivity index (χ1) is 8.98. The first-order valence-electron chi connectivity index (χ1n) is 7.49. The summed E-state index contributed by atoms with van der Waals surface area (Å²) in [7, 11) is -3.25. The van der Waals surface area contributed by atoms with Crippen molar-refractivity contribution >= 4 is 10.2 Å². The van der Waals surface area contributed by atoms with Crippen molar-refractivity contribution in [1.29, 1.82) is 0 Å². The van der Waals surface area contributed by atoms with Crippen LogP contribution in [0.5, 0.6) is 0 Å². The Morgan fingerprint density at radius 1 is 1.05 bits per heavy atom. The molecule has 19 heavy (non-hydrogen) atoms. The molecule has 2 aliphatic heterocycles. The molecule has 0 spiro atoms. The number of rotatable bonds is 2. The molecule has 0 bridgehead atoms. The second-order valence-electron chi connectivity index (χ2n) is 6.60. The summed E-state index contributed by atoms with van der Waals surface area (Å²) in [6, 6.07) is 0.200. The molecule has 0 amide bonds. The van der Waals surface area contributed by atoms with E-state index < -0.39 is 10.2 Å². The van der Waals surface area contributed by atoms with Gasteiger partial charge in [-0.15, -0.1) is 0 Å². The van der Waals surface area contributed by atoms with Crippen LogP contribution in [0.3, 0.4) is 0 Å². The van der Waals surface area contributed by atoms with Crippen molar-refractivity contribution < 1.29 is 8.42 Å². The van der Waals surface area contributed by atoms with Gasteiger partial charge in [0.2, 0.25) is 0 Å². The van der Waals surface area contributed by atoms with Crippen LogP contribution in [0.4, 0.5) is 0 Å². The Morgan fingerprint density at radius 3 is 2.53 bits per heavy atom. The Balaban J connectivity index is 1.71. The van der Waals surface area contributed by atoms with E-state index in [4.69, 9.17) is 5.73 Å². The lowest BCUT2D eigenvalue weighted by Crippen LogP contribution is -2.47. The van der Waals surface area contributed by atoms with Gasteiger partial charge in [0.15, 0.2) is 0 Å². The second-order valence-corrected chi connectivity index (χ2v) is 8.52. The van der Waals surface area contributed by atoms with E-state index in [-0.39, 0.29) is 6.04 Å². The molecule has 2 heterocycles. The van der Waals surface area contributed by atoms with E-state index in [9.17, 15) is 8.42 Å². The van der Waals surface area contributed by atoms with Crippen molar-refractivity contribution in [2.45, 2.75) is 38.6 Å². The highest BCUT2D eigenvalue weighted by atomic mass is 32.2. The van der Waals surface area contributed by atoms with Crippen LogP contribution in [-0.2, 0) is 10.2 Å². The lowest BCUT2D eigenvalue weighted by atomic mass is 9.98. The topological polar surface area (TPSA) is 66.6 Å². The smallest absolute Gasteiger partial charge is 0.282 e. The normalized spacial score (nSPS) is 41.6. The fraction of sp³-hybridized carbons (Fsp3) is 1.00. The molecule has 5 nitrogen and oxygen atoms in total. The summed E-state index contributed by atoms with van der Waals surface area (Å²) < 4.78 is 28.7. The SMILES string of the molecule is CC1CCCN(S(=O)(=O)N2CC3CCC(N)C3C2)C1. The van der Waals surface area contributed by atoms with E-state index in [1.165, 1.54) is 0 Å². The van der Waals surface area contributed by atoms with Gasteiger partial charge in [-0.25, -0.2) is 0 Å². The van der Waals surface area contributed by atoms with Gasteiger partial charge in [0.1, 0.15) is 0 Å². The molecule has 4 unspecified atom stereocenters. The molecular weight excluding hydrogens is 262 g/mol. The average molecular weight is 287 g/mol. The van der Waals surface area contributed by atoms with Crippen LogP contribution in [0, 0.1) is 17.8 Å². The van der Waals surface area contributed by atoms with E-state index in [2.05, 4.69) is 6.92 Å². The highest BCUT2D eigenvalue weighted by Gasteiger charge is 2.46. The Kier molecular flexibility index (Phi) is 3.62. The molecule has 0 aromatic heterocycles. The molecule has 2 saturated heterocycles. The van der Waals surface area contributed by atoms with Crippen LogP contribution >= 0.6 is 0 Å². The summed E-state index contributed by atoms with van der Waals surface area (Å²) in [5, 5.41) is 0. The Hall–Kier alpha value is -0.170. The quantitative estimate of drug-likeness (QED) is 0.810.